The van der Waals surface area contributed by atoms with Gasteiger partial charge in [0.05, 0.1) is 12.7 Å². The highest BCUT2D eigenvalue weighted by atomic mass is 32.2. The fourth-order valence-corrected chi connectivity index (χ4v) is 3.59. The quantitative estimate of drug-likeness (QED) is 0.295. The van der Waals surface area contributed by atoms with Crippen molar-refractivity contribution in [1.82, 2.24) is 19.5 Å². The number of nitrogens with one attached hydrogen (secondary N) is 1. The lowest BCUT2D eigenvalue weighted by Gasteiger charge is -2.16. The van der Waals surface area contributed by atoms with Gasteiger partial charge in [-0.1, -0.05) is 11.8 Å². The first kappa shape index (κ1) is 18.6. The highest BCUT2D eigenvalue weighted by molar-refractivity contribution is 7.99. The molecule has 3 heterocycles. The van der Waals surface area contributed by atoms with Crippen molar-refractivity contribution in [1.29, 1.82) is 0 Å². The molecule has 1 fully saturated rings. The number of carboxylic acids is 1. The Morgan fingerprint density at radius 2 is 2.23 bits per heavy atom. The first-order chi connectivity index (χ1) is 12.3. The van der Waals surface area contributed by atoms with Crippen LogP contribution in [0.15, 0.2) is 9.95 Å². The molecular formula is C13H18N6O6S. The summed E-state index contributed by atoms with van der Waals surface area (Å²) in [5.41, 5.74) is 10.7. The maximum atomic E-state index is 12.1. The summed E-state index contributed by atoms with van der Waals surface area (Å²) in [7, 11) is 0. The number of nitrogens with zero attached hydrogens (tertiary/aromatic N) is 3. The van der Waals surface area contributed by atoms with Gasteiger partial charge in [0.15, 0.2) is 16.3 Å². The Balaban J connectivity index is 2.04. The van der Waals surface area contributed by atoms with Crippen molar-refractivity contribution >= 4 is 34.8 Å². The number of aliphatic hydroxyl groups excluding tert-OH is 2. The van der Waals surface area contributed by atoms with Crippen molar-refractivity contribution in [2.24, 2.45) is 5.73 Å². The van der Waals surface area contributed by atoms with Gasteiger partial charge < -0.3 is 31.5 Å². The molecule has 26 heavy (non-hydrogen) atoms. The van der Waals surface area contributed by atoms with Crippen LogP contribution in [0, 0.1) is 0 Å². The van der Waals surface area contributed by atoms with Crippen molar-refractivity contribution in [3.05, 3.63) is 10.4 Å². The van der Waals surface area contributed by atoms with E-state index in [2.05, 4.69) is 15.0 Å². The van der Waals surface area contributed by atoms with Crippen LogP contribution in [0.4, 0.5) is 5.95 Å². The molecule has 0 bridgehead atoms. The number of aromatic amines is 1. The van der Waals surface area contributed by atoms with E-state index in [1.807, 2.05) is 0 Å². The number of carbonyl (C=O) groups is 1. The number of ether oxygens (including phenoxy) is 1. The second-order valence-electron chi connectivity index (χ2n) is 5.76. The molecule has 0 saturated carbocycles. The van der Waals surface area contributed by atoms with Crippen LogP contribution in [0.1, 0.15) is 12.6 Å². The third kappa shape index (κ3) is 3.39. The molecule has 0 spiro atoms. The number of aliphatic carboxylic acids is 1. The Morgan fingerprint density at radius 3 is 2.85 bits per heavy atom. The first-order valence-corrected chi connectivity index (χ1v) is 8.63. The Bertz CT molecular complexity index is 884. The molecule has 2 aromatic heterocycles. The van der Waals surface area contributed by atoms with E-state index in [9.17, 15) is 19.8 Å². The van der Waals surface area contributed by atoms with Crippen LogP contribution in [-0.2, 0) is 9.53 Å². The lowest BCUT2D eigenvalue weighted by Crippen LogP contribution is -2.32. The van der Waals surface area contributed by atoms with Crippen molar-refractivity contribution in [3.63, 3.8) is 0 Å². The van der Waals surface area contributed by atoms with Gasteiger partial charge in [-0.2, -0.15) is 4.98 Å². The summed E-state index contributed by atoms with van der Waals surface area (Å²) in [6.07, 6.45) is -2.34. The van der Waals surface area contributed by atoms with Gasteiger partial charge in [-0.05, 0) is 0 Å². The molecular weight excluding hydrogens is 368 g/mol. The first-order valence-electron chi connectivity index (χ1n) is 7.65. The topological polar surface area (TPSA) is 203 Å². The average molecular weight is 386 g/mol. The molecule has 0 radical (unpaired) electrons. The minimum atomic E-state index is -1.17. The van der Waals surface area contributed by atoms with Crippen molar-refractivity contribution in [2.45, 2.75) is 36.1 Å². The second kappa shape index (κ2) is 7.20. The lowest BCUT2D eigenvalue weighted by molar-refractivity contribution is -0.137. The highest BCUT2D eigenvalue weighted by Crippen LogP contribution is 2.34. The minimum absolute atomic E-state index is 0.00358. The third-order valence-corrected chi connectivity index (χ3v) is 4.99. The van der Waals surface area contributed by atoms with Gasteiger partial charge in [0.2, 0.25) is 5.95 Å². The van der Waals surface area contributed by atoms with E-state index in [-0.39, 0.29) is 41.0 Å². The van der Waals surface area contributed by atoms with Gasteiger partial charge in [-0.3, -0.25) is 19.1 Å². The summed E-state index contributed by atoms with van der Waals surface area (Å²) >= 11 is 1.01. The molecule has 3 rings (SSSR count). The zero-order chi connectivity index (χ0) is 19.0. The fourth-order valence-electron chi connectivity index (χ4n) is 2.62. The number of thioether (sulfide) groups is 1. The maximum absolute atomic E-state index is 12.1. The van der Waals surface area contributed by atoms with Crippen LogP contribution in [-0.4, -0.2) is 71.4 Å². The van der Waals surface area contributed by atoms with Gasteiger partial charge >= 0.3 is 5.97 Å². The number of anilines is 1. The SMILES string of the molecule is Nc1nc2c(nc(SC[C@H](N)C(=O)O)n2[C@H]2C[C@H](O)[C@@H](CO)O2)c(=O)[nH]1. The van der Waals surface area contributed by atoms with Crippen LogP contribution < -0.4 is 17.0 Å². The number of nitrogens with two attached hydrogens (primary N) is 2. The van der Waals surface area contributed by atoms with Crippen LogP contribution in [0.2, 0.25) is 0 Å². The van der Waals surface area contributed by atoms with Gasteiger partial charge in [0, 0.05) is 12.2 Å². The Hall–Kier alpha value is -2.19. The van der Waals surface area contributed by atoms with Crippen molar-refractivity contribution in [2.75, 3.05) is 18.1 Å². The molecule has 1 aliphatic heterocycles. The number of aliphatic hydroxyl groups is 2. The molecule has 13 heteroatoms. The molecule has 1 aliphatic rings. The van der Waals surface area contributed by atoms with E-state index in [4.69, 9.17) is 21.3 Å². The number of hydrogen-bond acceptors (Lipinski definition) is 10. The zero-order valence-electron chi connectivity index (χ0n) is 13.4. The Labute approximate surface area is 150 Å². The van der Waals surface area contributed by atoms with Gasteiger partial charge in [0.25, 0.3) is 5.56 Å². The number of H-pyrrole nitrogens is 1. The summed E-state index contributed by atoms with van der Waals surface area (Å²) in [5, 5.41) is 28.4. The summed E-state index contributed by atoms with van der Waals surface area (Å²) in [4.78, 5) is 33.6. The Morgan fingerprint density at radius 1 is 1.50 bits per heavy atom. The van der Waals surface area contributed by atoms with Crippen molar-refractivity contribution < 1.29 is 24.9 Å². The molecule has 142 valence electrons. The van der Waals surface area contributed by atoms with Crippen molar-refractivity contribution in [3.8, 4) is 0 Å². The average Bonchev–Trinajstić information content (AvgIpc) is 3.12. The molecule has 0 unspecified atom stereocenters. The number of nitrogen functional groups attached to an aromatic ring is 1. The van der Waals surface area contributed by atoms with Gasteiger partial charge in [0.1, 0.15) is 18.4 Å². The number of aromatic nitrogens is 4. The normalized spacial score (nSPS) is 24.2. The molecule has 12 nitrogen and oxygen atoms in total. The number of rotatable bonds is 6. The number of carboxylic acid groups (broad SMARTS) is 1. The molecule has 0 aromatic carbocycles. The smallest absolute Gasteiger partial charge is 0.321 e. The van der Waals surface area contributed by atoms with E-state index in [1.165, 1.54) is 4.57 Å². The molecule has 2 aromatic rings. The van der Waals surface area contributed by atoms with Crippen LogP contribution in [0.3, 0.4) is 0 Å². The van der Waals surface area contributed by atoms with E-state index < -0.39 is 36.0 Å². The highest BCUT2D eigenvalue weighted by Gasteiger charge is 2.37. The predicted octanol–water partition coefficient (Wildman–Crippen LogP) is -2.15. The number of imidazole rings is 1. The minimum Gasteiger partial charge on any atom is -0.480 e. The largest absolute Gasteiger partial charge is 0.480 e. The third-order valence-electron chi connectivity index (χ3n) is 3.92. The Kier molecular flexibility index (Phi) is 5.15. The summed E-state index contributed by atoms with van der Waals surface area (Å²) in [5.74, 6) is -1.31. The van der Waals surface area contributed by atoms with Crippen LogP contribution >= 0.6 is 11.8 Å². The second-order valence-corrected chi connectivity index (χ2v) is 6.75. The van der Waals surface area contributed by atoms with E-state index >= 15 is 0 Å². The number of hydrogen-bond donors (Lipinski definition) is 6. The lowest BCUT2D eigenvalue weighted by atomic mass is 10.2. The fraction of sp³-hybridized carbons (Fsp3) is 0.538. The molecule has 0 aliphatic carbocycles. The monoisotopic (exact) mass is 386 g/mol. The standard InChI is InChI=1S/C13H18N6O6S/c14-4(11(23)24)3-26-13-16-8-9(17-12(15)18-10(8)22)19(13)7-1-5(21)6(2-20)25-7/h4-7,20-21H,1-3,14H2,(H,23,24)(H3,15,17,18,22)/t4-,5-,6+,7+/m0/s1. The molecule has 4 atom stereocenters. The maximum Gasteiger partial charge on any atom is 0.321 e. The molecule has 1 saturated heterocycles. The van der Waals surface area contributed by atoms with Crippen LogP contribution in [0.25, 0.3) is 11.2 Å². The van der Waals surface area contributed by atoms with Gasteiger partial charge in [-0.15, -0.1) is 0 Å². The summed E-state index contributed by atoms with van der Waals surface area (Å²) in [6, 6.07) is -1.13. The number of fused-ring (bicyclic) bond motifs is 1. The molecule has 8 N–H and O–H groups in total. The van der Waals surface area contributed by atoms with E-state index in [0.717, 1.165) is 11.8 Å². The predicted molar refractivity (Wildman–Crippen MR) is 90.5 cm³/mol. The molecule has 0 amide bonds. The zero-order valence-corrected chi connectivity index (χ0v) is 14.2. The summed E-state index contributed by atoms with van der Waals surface area (Å²) in [6.45, 7) is -0.382. The van der Waals surface area contributed by atoms with Gasteiger partial charge in [-0.25, -0.2) is 4.98 Å². The summed E-state index contributed by atoms with van der Waals surface area (Å²) < 4.78 is 7.08. The van der Waals surface area contributed by atoms with E-state index in [0.29, 0.717) is 0 Å². The van der Waals surface area contributed by atoms with Crippen LogP contribution in [0.5, 0.6) is 0 Å². The van der Waals surface area contributed by atoms with E-state index in [1.54, 1.807) is 0 Å².